The molecule has 0 aromatic carbocycles. The Morgan fingerprint density at radius 1 is 1.13 bits per heavy atom. The minimum Gasteiger partial charge on any atom is -0.387 e. The Morgan fingerprint density at radius 3 is 2.29 bits per heavy atom. The van der Waals surface area contributed by atoms with Crippen LogP contribution in [0, 0.1) is 0 Å². The summed E-state index contributed by atoms with van der Waals surface area (Å²) in [5, 5.41) is 20.1. The van der Waals surface area contributed by atoms with E-state index < -0.39 is 66.1 Å². The van der Waals surface area contributed by atoms with Crippen LogP contribution in [0.5, 0.6) is 0 Å². The molecule has 176 valence electrons. The van der Waals surface area contributed by atoms with Gasteiger partial charge in [0, 0.05) is 6.20 Å². The molecular weight excluding hydrogens is 495 g/mol. The highest BCUT2D eigenvalue weighted by molar-refractivity contribution is 7.66. The molecule has 0 bridgehead atoms. The first-order valence-corrected chi connectivity index (χ1v) is 12.2. The zero-order valence-corrected chi connectivity index (χ0v) is 17.5. The second kappa shape index (κ2) is 9.25. The van der Waals surface area contributed by atoms with Crippen LogP contribution in [0.4, 0.5) is 5.82 Å². The largest absolute Gasteiger partial charge is 0.490 e. The van der Waals surface area contributed by atoms with Gasteiger partial charge in [0.15, 0.2) is 12.5 Å². The number of aldehydes is 1. The van der Waals surface area contributed by atoms with E-state index >= 15 is 0 Å². The van der Waals surface area contributed by atoms with E-state index in [2.05, 4.69) is 18.1 Å². The standard InChI is InChI=1S/C10H16N3O15P3/c11-8-4(2-14)1-13(10(17)12-8)9-7(16)6(15)5(26-9)3-25-30(21,22)28-31(23,24)27-29(18,19)20/h1-2,5-7,9,15-16H,3H2,(H,21,22)(H,23,24)(H2,11,12,17)(H2,18,19,20)/t5-,6-,7-,9-/m1/s1. The lowest BCUT2D eigenvalue weighted by Gasteiger charge is -2.19. The smallest absolute Gasteiger partial charge is 0.387 e. The van der Waals surface area contributed by atoms with Crippen molar-refractivity contribution < 1.29 is 66.2 Å². The summed E-state index contributed by atoms with van der Waals surface area (Å²) in [5.41, 5.74) is 4.04. The maximum atomic E-state index is 12.0. The number of aromatic nitrogens is 2. The highest BCUT2D eigenvalue weighted by atomic mass is 31.3. The molecule has 2 rings (SSSR count). The predicted molar refractivity (Wildman–Crippen MR) is 94.0 cm³/mol. The van der Waals surface area contributed by atoms with Crippen LogP contribution in [-0.4, -0.2) is 70.5 Å². The molecule has 1 aliphatic rings. The summed E-state index contributed by atoms with van der Waals surface area (Å²) in [5.74, 6) is -0.409. The van der Waals surface area contributed by atoms with Crippen LogP contribution in [-0.2, 0) is 31.6 Å². The number of aliphatic hydroxyl groups excluding tert-OH is 2. The summed E-state index contributed by atoms with van der Waals surface area (Å²) in [6.07, 6.45) is -5.83. The SMILES string of the molecule is Nc1nc(=O)n([C@@H]2O[C@H](COP(=O)(O)OP(=O)(O)OP(=O)(O)O)[C@@H](O)[C@H]2O)cc1C=O. The number of nitrogens with zero attached hydrogens (tertiary/aromatic N) is 2. The Kier molecular flexibility index (Phi) is 7.73. The lowest BCUT2D eigenvalue weighted by molar-refractivity contribution is -0.0541. The van der Waals surface area contributed by atoms with Gasteiger partial charge in [0.2, 0.25) is 0 Å². The summed E-state index contributed by atoms with van der Waals surface area (Å²) in [6.45, 7) is -1.09. The van der Waals surface area contributed by atoms with Crippen molar-refractivity contribution in [1.82, 2.24) is 9.55 Å². The molecule has 21 heteroatoms. The van der Waals surface area contributed by atoms with Crippen LogP contribution in [0.15, 0.2) is 11.0 Å². The fourth-order valence-corrected chi connectivity index (χ4v) is 5.37. The minimum atomic E-state index is -5.76. The number of nitrogens with two attached hydrogens (primary N) is 1. The van der Waals surface area contributed by atoms with Crippen LogP contribution in [0.3, 0.4) is 0 Å². The number of phosphoric acid groups is 3. The first-order valence-electron chi connectivity index (χ1n) is 7.69. The third kappa shape index (κ3) is 6.81. The molecule has 0 radical (unpaired) electrons. The fourth-order valence-electron chi connectivity index (χ4n) is 2.34. The molecule has 1 saturated heterocycles. The number of hydrogen-bond donors (Lipinski definition) is 7. The van der Waals surface area contributed by atoms with Crippen molar-refractivity contribution in [3.05, 3.63) is 22.2 Å². The first kappa shape index (κ1) is 25.9. The van der Waals surface area contributed by atoms with Gasteiger partial charge >= 0.3 is 29.2 Å². The van der Waals surface area contributed by atoms with Crippen LogP contribution >= 0.6 is 23.5 Å². The molecule has 6 atom stereocenters. The Bertz CT molecular complexity index is 1040. The third-order valence-electron chi connectivity index (χ3n) is 3.57. The van der Waals surface area contributed by atoms with E-state index in [0.717, 1.165) is 6.20 Å². The van der Waals surface area contributed by atoms with Gasteiger partial charge in [0.05, 0.1) is 12.2 Å². The molecule has 1 aromatic rings. The van der Waals surface area contributed by atoms with Crippen molar-refractivity contribution in [1.29, 1.82) is 0 Å². The number of phosphoric ester groups is 1. The molecule has 0 aliphatic carbocycles. The van der Waals surface area contributed by atoms with Crippen molar-refractivity contribution in [3.8, 4) is 0 Å². The van der Waals surface area contributed by atoms with Crippen LogP contribution < -0.4 is 11.4 Å². The molecule has 31 heavy (non-hydrogen) atoms. The van der Waals surface area contributed by atoms with Crippen LogP contribution in [0.25, 0.3) is 0 Å². The Morgan fingerprint density at radius 2 is 1.74 bits per heavy atom. The molecule has 1 aliphatic heterocycles. The zero-order valence-electron chi connectivity index (χ0n) is 14.8. The Hall–Kier alpha value is -1.36. The second-order valence-electron chi connectivity index (χ2n) is 5.82. The summed E-state index contributed by atoms with van der Waals surface area (Å²) >= 11 is 0. The van der Waals surface area contributed by atoms with E-state index in [-0.39, 0.29) is 11.8 Å². The molecule has 2 unspecified atom stereocenters. The molecule has 1 aromatic heterocycles. The van der Waals surface area contributed by atoms with E-state index in [1.807, 2.05) is 0 Å². The highest BCUT2D eigenvalue weighted by Gasteiger charge is 2.46. The normalized spacial score (nSPS) is 28.1. The molecule has 18 nitrogen and oxygen atoms in total. The van der Waals surface area contributed by atoms with Gasteiger partial charge in [-0.3, -0.25) is 13.9 Å². The van der Waals surface area contributed by atoms with Crippen molar-refractivity contribution >= 4 is 35.6 Å². The number of rotatable bonds is 9. The van der Waals surface area contributed by atoms with Crippen LogP contribution in [0.1, 0.15) is 16.6 Å². The van der Waals surface area contributed by atoms with E-state index in [1.165, 1.54) is 0 Å². The number of carbonyl (C=O) groups is 1. The van der Waals surface area contributed by atoms with Gasteiger partial charge in [-0.05, 0) is 0 Å². The third-order valence-corrected chi connectivity index (χ3v) is 7.37. The monoisotopic (exact) mass is 511 g/mol. The second-order valence-corrected chi connectivity index (χ2v) is 10.2. The maximum Gasteiger partial charge on any atom is 0.490 e. The highest BCUT2D eigenvalue weighted by Crippen LogP contribution is 2.66. The number of hydrogen-bond acceptors (Lipinski definition) is 13. The molecule has 1 fully saturated rings. The summed E-state index contributed by atoms with van der Waals surface area (Å²) in [7, 11) is -16.9. The molecule has 8 N–H and O–H groups in total. The number of nitrogen functional groups attached to an aromatic ring is 1. The summed E-state index contributed by atoms with van der Waals surface area (Å²) in [4.78, 5) is 61.6. The summed E-state index contributed by atoms with van der Waals surface area (Å²) in [6, 6.07) is 0. The maximum absolute atomic E-state index is 12.0. The van der Waals surface area contributed by atoms with Crippen LogP contribution in [0.2, 0.25) is 0 Å². The molecule has 0 amide bonds. The first-order chi connectivity index (χ1) is 14.1. The average Bonchev–Trinajstić information content (AvgIpc) is 2.85. The summed E-state index contributed by atoms with van der Waals surface area (Å²) < 4.78 is 50.7. The molecule has 0 spiro atoms. The molecule has 0 saturated carbocycles. The Balaban J connectivity index is 2.12. The lowest BCUT2D eigenvalue weighted by atomic mass is 10.1. The van der Waals surface area contributed by atoms with E-state index in [0.29, 0.717) is 4.57 Å². The number of aliphatic hydroxyl groups is 2. The minimum absolute atomic E-state index is 0.249. The van der Waals surface area contributed by atoms with Crippen molar-refractivity contribution in [2.75, 3.05) is 12.3 Å². The van der Waals surface area contributed by atoms with Crippen molar-refractivity contribution in [2.24, 2.45) is 0 Å². The number of anilines is 1. The quantitative estimate of drug-likeness (QED) is 0.134. The van der Waals surface area contributed by atoms with Gasteiger partial charge in [-0.25, -0.2) is 18.5 Å². The van der Waals surface area contributed by atoms with Crippen molar-refractivity contribution in [2.45, 2.75) is 24.5 Å². The Labute approximate surface area is 171 Å². The fraction of sp³-hybridized carbons (Fsp3) is 0.500. The topological polar surface area (TPSA) is 287 Å². The van der Waals surface area contributed by atoms with Gasteiger partial charge in [0.1, 0.15) is 24.1 Å². The number of carbonyl (C=O) groups excluding carboxylic acids is 1. The van der Waals surface area contributed by atoms with E-state index in [4.69, 9.17) is 25.2 Å². The van der Waals surface area contributed by atoms with E-state index in [1.54, 1.807) is 0 Å². The molecular formula is C10H16N3O15P3. The zero-order chi connectivity index (χ0) is 23.8. The average molecular weight is 511 g/mol. The van der Waals surface area contributed by atoms with Gasteiger partial charge in [0.25, 0.3) is 0 Å². The van der Waals surface area contributed by atoms with Gasteiger partial charge in [-0.15, -0.1) is 0 Å². The van der Waals surface area contributed by atoms with Gasteiger partial charge in [-0.1, -0.05) is 0 Å². The lowest BCUT2D eigenvalue weighted by Crippen LogP contribution is -2.36. The van der Waals surface area contributed by atoms with Gasteiger partial charge < -0.3 is 40.3 Å². The van der Waals surface area contributed by atoms with Crippen molar-refractivity contribution in [3.63, 3.8) is 0 Å². The molecule has 2 heterocycles. The van der Waals surface area contributed by atoms with Gasteiger partial charge in [-0.2, -0.15) is 13.6 Å². The number of ether oxygens (including phenoxy) is 1. The van der Waals surface area contributed by atoms with E-state index in [9.17, 15) is 38.4 Å². The predicted octanol–water partition coefficient (Wildman–Crippen LogP) is -2.40.